The minimum absolute atomic E-state index is 0.116. The van der Waals surface area contributed by atoms with Gasteiger partial charge in [-0.3, -0.25) is 0 Å². The summed E-state index contributed by atoms with van der Waals surface area (Å²) < 4.78 is 21.3. The lowest BCUT2D eigenvalue weighted by Crippen LogP contribution is -2.09. The highest BCUT2D eigenvalue weighted by atomic mass is 32.2. The second-order valence-corrected chi connectivity index (χ2v) is 4.77. The van der Waals surface area contributed by atoms with Gasteiger partial charge >= 0.3 is 0 Å². The van der Waals surface area contributed by atoms with Crippen LogP contribution in [0.4, 0.5) is 0 Å². The van der Waals surface area contributed by atoms with E-state index in [2.05, 4.69) is 4.98 Å². The zero-order valence-corrected chi connectivity index (χ0v) is 6.87. The van der Waals surface area contributed by atoms with Crippen molar-refractivity contribution in [3.8, 4) is 0 Å². The highest BCUT2D eigenvalue weighted by Crippen LogP contribution is 2.15. The maximum absolute atomic E-state index is 10.6. The molecule has 0 fully saturated rings. The lowest BCUT2D eigenvalue weighted by molar-refractivity contribution is 0.599. The molecule has 6 heteroatoms. The molecule has 1 rings (SSSR count). The Labute approximate surface area is 62.8 Å². The molecule has 56 valence electrons. The molecule has 0 spiro atoms. The second-order valence-electron chi connectivity index (χ2n) is 1.74. The molecule has 2 N–H and O–H groups in total. The van der Waals surface area contributed by atoms with Crippen LogP contribution in [-0.4, -0.2) is 13.4 Å². The van der Waals surface area contributed by atoms with Crippen molar-refractivity contribution in [2.24, 2.45) is 5.14 Å². The number of hydrogen-bond acceptors (Lipinski definition) is 4. The van der Waals surface area contributed by atoms with E-state index >= 15 is 0 Å². The summed E-state index contributed by atoms with van der Waals surface area (Å²) in [7, 11) is -3.53. The van der Waals surface area contributed by atoms with Crippen LogP contribution >= 0.6 is 11.3 Å². The summed E-state index contributed by atoms with van der Waals surface area (Å²) >= 11 is 1.07. The minimum atomic E-state index is -3.53. The van der Waals surface area contributed by atoms with Crippen molar-refractivity contribution in [1.29, 1.82) is 0 Å². The Morgan fingerprint density at radius 1 is 1.70 bits per heavy atom. The van der Waals surface area contributed by atoms with E-state index in [0.717, 1.165) is 11.3 Å². The van der Waals surface area contributed by atoms with Gasteiger partial charge in [-0.1, -0.05) is 0 Å². The monoisotopic (exact) mass is 178 g/mol. The van der Waals surface area contributed by atoms with E-state index in [1.165, 1.54) is 6.20 Å². The van der Waals surface area contributed by atoms with Gasteiger partial charge in [0.15, 0.2) is 4.21 Å². The Morgan fingerprint density at radius 3 is 2.50 bits per heavy atom. The van der Waals surface area contributed by atoms with Gasteiger partial charge in [0, 0.05) is 0 Å². The molecule has 0 saturated heterocycles. The summed E-state index contributed by atoms with van der Waals surface area (Å²) in [4.78, 5) is 3.74. The van der Waals surface area contributed by atoms with Crippen LogP contribution in [0, 0.1) is 6.92 Å². The molecule has 4 nitrogen and oxygen atoms in total. The largest absolute Gasteiger partial charge is 0.249 e. The lowest BCUT2D eigenvalue weighted by Gasteiger charge is -1.85. The fourth-order valence-electron chi connectivity index (χ4n) is 0.473. The molecule has 0 aromatic carbocycles. The SMILES string of the molecule is Cc1ncc(S(N)(=O)=O)s1. The number of rotatable bonds is 1. The first-order valence-corrected chi connectivity index (χ1v) is 4.81. The summed E-state index contributed by atoms with van der Waals surface area (Å²) in [5.41, 5.74) is 0. The molecule has 0 amide bonds. The van der Waals surface area contributed by atoms with Crippen molar-refractivity contribution in [2.75, 3.05) is 0 Å². The van der Waals surface area contributed by atoms with Gasteiger partial charge in [0.1, 0.15) is 0 Å². The first kappa shape index (κ1) is 7.64. The zero-order valence-electron chi connectivity index (χ0n) is 5.23. The van der Waals surface area contributed by atoms with E-state index < -0.39 is 10.0 Å². The van der Waals surface area contributed by atoms with E-state index in [0.29, 0.717) is 5.01 Å². The number of primary sulfonamides is 1. The number of sulfonamides is 1. The predicted molar refractivity (Wildman–Crippen MR) is 38.2 cm³/mol. The van der Waals surface area contributed by atoms with Crippen LogP contribution in [0.3, 0.4) is 0 Å². The van der Waals surface area contributed by atoms with E-state index in [4.69, 9.17) is 5.14 Å². The zero-order chi connectivity index (χ0) is 7.78. The molecule has 0 unspecified atom stereocenters. The van der Waals surface area contributed by atoms with Crippen LogP contribution < -0.4 is 5.14 Å². The van der Waals surface area contributed by atoms with E-state index in [-0.39, 0.29) is 4.21 Å². The Hall–Kier alpha value is -0.460. The number of thiazole rings is 1. The van der Waals surface area contributed by atoms with Crippen LogP contribution in [0.1, 0.15) is 5.01 Å². The average molecular weight is 178 g/mol. The van der Waals surface area contributed by atoms with Gasteiger partial charge in [-0.2, -0.15) is 0 Å². The Morgan fingerprint density at radius 2 is 2.30 bits per heavy atom. The number of aryl methyl sites for hydroxylation is 1. The fraction of sp³-hybridized carbons (Fsp3) is 0.250. The van der Waals surface area contributed by atoms with Crippen molar-refractivity contribution < 1.29 is 8.42 Å². The molecular weight excluding hydrogens is 172 g/mol. The molecule has 0 radical (unpaired) electrons. The first-order chi connectivity index (χ1) is 4.50. The molecule has 0 atom stereocenters. The molecule has 10 heavy (non-hydrogen) atoms. The minimum Gasteiger partial charge on any atom is -0.249 e. The Bertz CT molecular complexity index is 327. The van der Waals surface area contributed by atoms with E-state index in [1.807, 2.05) is 0 Å². The first-order valence-electron chi connectivity index (χ1n) is 2.45. The smallest absolute Gasteiger partial charge is 0.249 e. The average Bonchev–Trinajstić information content (AvgIpc) is 2.11. The van der Waals surface area contributed by atoms with Gasteiger partial charge in [-0.05, 0) is 6.92 Å². The van der Waals surface area contributed by atoms with Crippen LogP contribution in [0.15, 0.2) is 10.4 Å². The number of hydrogen-bond donors (Lipinski definition) is 1. The number of nitrogens with zero attached hydrogens (tertiary/aromatic N) is 1. The molecule has 1 aromatic rings. The highest BCUT2D eigenvalue weighted by Gasteiger charge is 2.09. The van der Waals surface area contributed by atoms with Crippen molar-refractivity contribution in [3.05, 3.63) is 11.2 Å². The van der Waals surface area contributed by atoms with Crippen molar-refractivity contribution in [2.45, 2.75) is 11.1 Å². The molecule has 0 aliphatic heterocycles. The normalized spacial score (nSPS) is 11.8. The molecule has 0 bridgehead atoms. The maximum Gasteiger partial charge on any atom is 0.249 e. The van der Waals surface area contributed by atoms with Gasteiger partial charge < -0.3 is 0 Å². The van der Waals surface area contributed by atoms with Crippen LogP contribution in [-0.2, 0) is 10.0 Å². The van der Waals surface area contributed by atoms with Gasteiger partial charge in [-0.15, -0.1) is 11.3 Å². The molecule has 0 aliphatic rings. The van der Waals surface area contributed by atoms with Crippen molar-refractivity contribution in [1.82, 2.24) is 4.98 Å². The molecule has 0 saturated carbocycles. The topological polar surface area (TPSA) is 73.0 Å². The van der Waals surface area contributed by atoms with Gasteiger partial charge in [0.05, 0.1) is 11.2 Å². The summed E-state index contributed by atoms with van der Waals surface area (Å²) in [5, 5.41) is 5.51. The Kier molecular flexibility index (Phi) is 1.76. The maximum atomic E-state index is 10.6. The summed E-state index contributed by atoms with van der Waals surface area (Å²) in [5.74, 6) is 0. The van der Waals surface area contributed by atoms with E-state index in [1.54, 1.807) is 6.92 Å². The van der Waals surface area contributed by atoms with Crippen molar-refractivity contribution in [3.63, 3.8) is 0 Å². The third-order valence-corrected chi connectivity index (χ3v) is 3.20. The highest BCUT2D eigenvalue weighted by molar-refractivity contribution is 7.91. The molecule has 1 heterocycles. The predicted octanol–water partition coefficient (Wildman–Crippen LogP) is 0.0989. The van der Waals surface area contributed by atoms with Crippen LogP contribution in [0.5, 0.6) is 0 Å². The summed E-state index contributed by atoms with van der Waals surface area (Å²) in [6, 6.07) is 0. The second kappa shape index (κ2) is 2.30. The van der Waals surface area contributed by atoms with Gasteiger partial charge in [0.25, 0.3) is 0 Å². The fourth-order valence-corrected chi connectivity index (χ4v) is 2.00. The quantitative estimate of drug-likeness (QED) is 0.662. The third-order valence-electron chi connectivity index (χ3n) is 0.880. The van der Waals surface area contributed by atoms with Crippen molar-refractivity contribution >= 4 is 21.4 Å². The number of aromatic nitrogens is 1. The Balaban J connectivity index is 3.21. The van der Waals surface area contributed by atoms with Crippen LogP contribution in [0.2, 0.25) is 0 Å². The lowest BCUT2D eigenvalue weighted by atomic mass is 10.8. The van der Waals surface area contributed by atoms with Gasteiger partial charge in [0.2, 0.25) is 10.0 Å². The standard InChI is InChI=1S/C4H6N2O2S2/c1-3-6-2-4(9-3)10(5,7)8/h2H,1H3,(H2,5,7,8). The number of nitrogens with two attached hydrogens (primary N) is 1. The summed E-state index contributed by atoms with van der Waals surface area (Å²) in [6.07, 6.45) is 1.26. The third kappa shape index (κ3) is 1.53. The van der Waals surface area contributed by atoms with Crippen LogP contribution in [0.25, 0.3) is 0 Å². The summed E-state index contributed by atoms with van der Waals surface area (Å²) in [6.45, 7) is 1.72. The molecular formula is C4H6N2O2S2. The van der Waals surface area contributed by atoms with E-state index in [9.17, 15) is 8.42 Å². The van der Waals surface area contributed by atoms with Gasteiger partial charge in [-0.25, -0.2) is 18.5 Å². The molecule has 1 aromatic heterocycles. The molecule has 0 aliphatic carbocycles.